The lowest BCUT2D eigenvalue weighted by atomic mass is 10.1. The zero-order chi connectivity index (χ0) is 12.0. The Morgan fingerprint density at radius 2 is 2.06 bits per heavy atom. The molecule has 16 heavy (non-hydrogen) atoms. The Morgan fingerprint density at radius 1 is 1.31 bits per heavy atom. The monoisotopic (exact) mass is 233 g/mol. The highest BCUT2D eigenvalue weighted by molar-refractivity contribution is 5.25. The average Bonchev–Trinajstić information content (AvgIpc) is 2.24. The normalized spacial score (nSPS) is 11.8. The molecule has 0 unspecified atom stereocenters. The van der Waals surface area contributed by atoms with Crippen LogP contribution in [0.2, 0.25) is 0 Å². The average molecular weight is 233 g/mol. The van der Waals surface area contributed by atoms with Crippen LogP contribution in [0.3, 0.4) is 0 Å². The van der Waals surface area contributed by atoms with Crippen molar-refractivity contribution in [3.8, 4) is 0 Å². The van der Waals surface area contributed by atoms with E-state index in [2.05, 4.69) is 5.32 Å². The Kier molecular flexibility index (Phi) is 4.76. The molecule has 1 aromatic carbocycles. The van der Waals surface area contributed by atoms with Crippen LogP contribution in [0.25, 0.3) is 0 Å². The summed E-state index contributed by atoms with van der Waals surface area (Å²) in [5.41, 5.74) is 0.00414. The van der Waals surface area contributed by atoms with Gasteiger partial charge in [-0.25, -0.2) is 0 Å². The van der Waals surface area contributed by atoms with Gasteiger partial charge in [-0.3, -0.25) is 0 Å². The standard InChI is InChI=1S/C11H14F3NO/c1-16-6-5-15-8-9-3-2-4-10(7-9)11(12,13)14/h2-4,7,15H,5-6,8H2,1H3. The van der Waals surface area contributed by atoms with Crippen LogP contribution in [-0.2, 0) is 17.5 Å². The lowest BCUT2D eigenvalue weighted by Crippen LogP contribution is -2.18. The third-order valence-corrected chi connectivity index (χ3v) is 2.07. The molecule has 0 aliphatic rings. The highest BCUT2D eigenvalue weighted by Crippen LogP contribution is 2.29. The van der Waals surface area contributed by atoms with Crippen molar-refractivity contribution in [2.45, 2.75) is 12.7 Å². The molecule has 2 nitrogen and oxygen atoms in total. The molecule has 1 aromatic rings. The van der Waals surface area contributed by atoms with Crippen LogP contribution in [0, 0.1) is 0 Å². The molecule has 5 heteroatoms. The molecular formula is C11H14F3NO. The SMILES string of the molecule is COCCNCc1cccc(C(F)(F)F)c1. The van der Waals surface area contributed by atoms with E-state index in [1.165, 1.54) is 6.07 Å². The van der Waals surface area contributed by atoms with E-state index in [1.807, 2.05) is 0 Å². The van der Waals surface area contributed by atoms with Gasteiger partial charge < -0.3 is 10.1 Å². The second kappa shape index (κ2) is 5.86. The van der Waals surface area contributed by atoms with Crippen molar-refractivity contribution >= 4 is 0 Å². The topological polar surface area (TPSA) is 21.3 Å². The number of alkyl halides is 3. The van der Waals surface area contributed by atoms with E-state index < -0.39 is 11.7 Å². The molecule has 0 aliphatic heterocycles. The number of ether oxygens (including phenoxy) is 1. The minimum Gasteiger partial charge on any atom is -0.383 e. The predicted octanol–water partition coefficient (Wildman–Crippen LogP) is 2.44. The van der Waals surface area contributed by atoms with Crippen LogP contribution in [0.15, 0.2) is 24.3 Å². The Bertz CT molecular complexity index is 325. The first-order valence-electron chi connectivity index (χ1n) is 4.90. The molecule has 1 N–H and O–H groups in total. The lowest BCUT2D eigenvalue weighted by molar-refractivity contribution is -0.137. The fourth-order valence-corrected chi connectivity index (χ4v) is 1.26. The summed E-state index contributed by atoms with van der Waals surface area (Å²) in [7, 11) is 1.58. The molecule has 0 amide bonds. The van der Waals surface area contributed by atoms with Crippen molar-refractivity contribution in [2.75, 3.05) is 20.3 Å². The molecule has 0 aromatic heterocycles. The summed E-state index contributed by atoms with van der Waals surface area (Å²) in [6, 6.07) is 5.30. The molecule has 0 radical (unpaired) electrons. The van der Waals surface area contributed by atoms with Gasteiger partial charge in [0.25, 0.3) is 0 Å². The lowest BCUT2D eigenvalue weighted by Gasteiger charge is -2.09. The maximum Gasteiger partial charge on any atom is 0.416 e. The fourth-order valence-electron chi connectivity index (χ4n) is 1.26. The third kappa shape index (κ3) is 4.20. The summed E-state index contributed by atoms with van der Waals surface area (Å²) in [4.78, 5) is 0. The van der Waals surface area contributed by atoms with Gasteiger partial charge in [0.15, 0.2) is 0 Å². The summed E-state index contributed by atoms with van der Waals surface area (Å²) in [6.07, 6.45) is -4.28. The molecule has 90 valence electrons. The van der Waals surface area contributed by atoms with E-state index in [-0.39, 0.29) is 0 Å². The molecule has 0 heterocycles. The van der Waals surface area contributed by atoms with Crippen molar-refractivity contribution in [3.05, 3.63) is 35.4 Å². The van der Waals surface area contributed by atoms with Crippen LogP contribution in [-0.4, -0.2) is 20.3 Å². The van der Waals surface area contributed by atoms with E-state index in [0.717, 1.165) is 12.1 Å². The summed E-state index contributed by atoms with van der Waals surface area (Å²) in [6.45, 7) is 1.57. The van der Waals surface area contributed by atoms with Crippen molar-refractivity contribution < 1.29 is 17.9 Å². The van der Waals surface area contributed by atoms with Gasteiger partial charge in [0.2, 0.25) is 0 Å². The smallest absolute Gasteiger partial charge is 0.383 e. The summed E-state index contributed by atoms with van der Waals surface area (Å²) in [5, 5.41) is 2.99. The summed E-state index contributed by atoms with van der Waals surface area (Å²) in [5.74, 6) is 0. The van der Waals surface area contributed by atoms with Gasteiger partial charge in [-0.15, -0.1) is 0 Å². The molecule has 0 spiro atoms. The number of rotatable bonds is 5. The maximum absolute atomic E-state index is 12.4. The number of nitrogens with one attached hydrogen (secondary N) is 1. The highest BCUT2D eigenvalue weighted by Gasteiger charge is 2.30. The maximum atomic E-state index is 12.4. The first-order valence-corrected chi connectivity index (χ1v) is 4.90. The van der Waals surface area contributed by atoms with Gasteiger partial charge in [-0.05, 0) is 11.6 Å². The van der Waals surface area contributed by atoms with E-state index in [9.17, 15) is 13.2 Å². The second-order valence-corrected chi connectivity index (χ2v) is 3.37. The Labute approximate surface area is 92.4 Å². The van der Waals surface area contributed by atoms with Crippen molar-refractivity contribution in [3.63, 3.8) is 0 Å². The van der Waals surface area contributed by atoms with Gasteiger partial charge >= 0.3 is 6.18 Å². The zero-order valence-corrected chi connectivity index (χ0v) is 8.97. The van der Waals surface area contributed by atoms with Gasteiger partial charge in [-0.2, -0.15) is 13.2 Å². The molecular weight excluding hydrogens is 219 g/mol. The predicted molar refractivity (Wildman–Crippen MR) is 55.0 cm³/mol. The molecule has 0 atom stereocenters. The quantitative estimate of drug-likeness (QED) is 0.789. The number of hydrogen-bond donors (Lipinski definition) is 1. The number of methoxy groups -OCH3 is 1. The molecule has 1 rings (SSSR count). The van der Waals surface area contributed by atoms with Gasteiger partial charge in [0.05, 0.1) is 12.2 Å². The first kappa shape index (κ1) is 13.0. The van der Waals surface area contributed by atoms with E-state index >= 15 is 0 Å². The van der Waals surface area contributed by atoms with Crippen LogP contribution >= 0.6 is 0 Å². The number of hydrogen-bond acceptors (Lipinski definition) is 2. The fraction of sp³-hybridized carbons (Fsp3) is 0.455. The van der Waals surface area contributed by atoms with E-state index in [4.69, 9.17) is 4.74 Å². The highest BCUT2D eigenvalue weighted by atomic mass is 19.4. The Morgan fingerprint density at radius 3 is 2.69 bits per heavy atom. The first-order chi connectivity index (χ1) is 7.54. The molecule has 0 bridgehead atoms. The van der Waals surface area contributed by atoms with Crippen LogP contribution < -0.4 is 5.32 Å². The molecule has 0 saturated heterocycles. The number of benzene rings is 1. The third-order valence-electron chi connectivity index (χ3n) is 2.07. The molecule has 0 aliphatic carbocycles. The minimum atomic E-state index is -4.28. The van der Waals surface area contributed by atoms with Crippen molar-refractivity contribution in [2.24, 2.45) is 0 Å². The van der Waals surface area contributed by atoms with Crippen molar-refractivity contribution in [1.29, 1.82) is 0 Å². The largest absolute Gasteiger partial charge is 0.416 e. The minimum absolute atomic E-state index is 0.410. The van der Waals surface area contributed by atoms with Crippen LogP contribution in [0.1, 0.15) is 11.1 Å². The van der Waals surface area contributed by atoms with E-state index in [1.54, 1.807) is 13.2 Å². The number of halogens is 3. The Balaban J connectivity index is 2.54. The summed E-state index contributed by atoms with van der Waals surface area (Å²) < 4.78 is 41.9. The molecule has 0 saturated carbocycles. The zero-order valence-electron chi connectivity index (χ0n) is 8.97. The van der Waals surface area contributed by atoms with Crippen LogP contribution in [0.5, 0.6) is 0 Å². The van der Waals surface area contributed by atoms with Gasteiger partial charge in [0, 0.05) is 20.2 Å². The van der Waals surface area contributed by atoms with Gasteiger partial charge in [-0.1, -0.05) is 18.2 Å². The van der Waals surface area contributed by atoms with Crippen LogP contribution in [0.4, 0.5) is 13.2 Å². The van der Waals surface area contributed by atoms with Gasteiger partial charge in [0.1, 0.15) is 0 Å². The molecule has 0 fully saturated rings. The van der Waals surface area contributed by atoms with Crippen molar-refractivity contribution in [1.82, 2.24) is 5.32 Å². The van der Waals surface area contributed by atoms with E-state index in [0.29, 0.717) is 25.3 Å². The second-order valence-electron chi connectivity index (χ2n) is 3.37. The Hall–Kier alpha value is -1.07. The summed E-state index contributed by atoms with van der Waals surface area (Å²) >= 11 is 0.